The van der Waals surface area contributed by atoms with Crippen LogP contribution in [0.4, 0.5) is 0 Å². The van der Waals surface area contributed by atoms with Crippen LogP contribution in [-0.2, 0) is 9.53 Å². The second kappa shape index (κ2) is 5.54. The third kappa shape index (κ3) is 3.26. The lowest BCUT2D eigenvalue weighted by atomic mass is 9.99. The molecule has 3 aromatic rings. The molecular formula is C21H20O2. The van der Waals surface area contributed by atoms with Gasteiger partial charge in [0.2, 0.25) is 0 Å². The van der Waals surface area contributed by atoms with E-state index in [2.05, 4.69) is 30.8 Å². The van der Waals surface area contributed by atoms with Gasteiger partial charge in [0.25, 0.3) is 0 Å². The van der Waals surface area contributed by atoms with E-state index in [4.69, 9.17) is 4.74 Å². The van der Waals surface area contributed by atoms with E-state index < -0.39 is 5.60 Å². The highest BCUT2D eigenvalue weighted by molar-refractivity contribution is 6.16. The largest absolute Gasteiger partial charge is 0.456 e. The monoisotopic (exact) mass is 304 g/mol. The van der Waals surface area contributed by atoms with E-state index in [0.29, 0.717) is 5.57 Å². The van der Waals surface area contributed by atoms with Crippen molar-refractivity contribution in [2.24, 2.45) is 0 Å². The van der Waals surface area contributed by atoms with Crippen LogP contribution in [0.1, 0.15) is 26.3 Å². The van der Waals surface area contributed by atoms with Gasteiger partial charge in [-0.15, -0.1) is 0 Å². The Morgan fingerprint density at radius 1 is 0.870 bits per heavy atom. The first kappa shape index (κ1) is 15.3. The number of carbonyl (C=O) groups is 1. The third-order valence-electron chi connectivity index (χ3n) is 3.70. The molecule has 0 amide bonds. The van der Waals surface area contributed by atoms with Crippen molar-refractivity contribution in [1.82, 2.24) is 0 Å². The summed E-state index contributed by atoms with van der Waals surface area (Å²) in [5.41, 5.74) is 0.657. The molecule has 23 heavy (non-hydrogen) atoms. The smallest absolute Gasteiger partial charge is 0.338 e. The molecule has 3 rings (SSSR count). The van der Waals surface area contributed by atoms with Gasteiger partial charge in [0.1, 0.15) is 5.60 Å². The second-order valence-electron chi connectivity index (χ2n) is 6.74. The van der Waals surface area contributed by atoms with E-state index in [9.17, 15) is 4.79 Å². The van der Waals surface area contributed by atoms with Crippen LogP contribution >= 0.6 is 0 Å². The Kier molecular flexibility index (Phi) is 3.69. The van der Waals surface area contributed by atoms with Gasteiger partial charge >= 0.3 is 5.97 Å². The van der Waals surface area contributed by atoms with Gasteiger partial charge in [-0.1, -0.05) is 43.0 Å². The summed E-state index contributed by atoms with van der Waals surface area (Å²) in [6, 6.07) is 18.5. The second-order valence-corrected chi connectivity index (χ2v) is 6.74. The Balaban J connectivity index is 2.00. The van der Waals surface area contributed by atoms with Crippen LogP contribution in [0.5, 0.6) is 0 Å². The minimum Gasteiger partial charge on any atom is -0.456 e. The molecule has 0 saturated carbocycles. The van der Waals surface area contributed by atoms with Gasteiger partial charge in [0.15, 0.2) is 0 Å². The Morgan fingerprint density at radius 2 is 1.43 bits per heavy atom. The average molecular weight is 304 g/mol. The minimum atomic E-state index is -0.521. The first-order chi connectivity index (χ1) is 10.8. The number of benzene rings is 3. The molecule has 0 atom stereocenters. The SMILES string of the molecule is C=C(C(=O)OC(C)(C)C)c1ccc2cc3ccccc3cc2c1. The van der Waals surface area contributed by atoms with Crippen LogP contribution in [0.15, 0.2) is 61.2 Å². The Labute approximate surface area is 136 Å². The van der Waals surface area contributed by atoms with Gasteiger partial charge in [-0.25, -0.2) is 4.79 Å². The van der Waals surface area contributed by atoms with Crippen molar-refractivity contribution < 1.29 is 9.53 Å². The number of carbonyl (C=O) groups excluding carboxylic acids is 1. The third-order valence-corrected chi connectivity index (χ3v) is 3.70. The number of ether oxygens (including phenoxy) is 1. The van der Waals surface area contributed by atoms with E-state index in [1.54, 1.807) is 0 Å². The molecule has 0 unspecified atom stereocenters. The van der Waals surface area contributed by atoms with Crippen molar-refractivity contribution in [2.75, 3.05) is 0 Å². The quantitative estimate of drug-likeness (QED) is 0.362. The molecule has 3 aromatic carbocycles. The standard InChI is InChI=1S/C21H20O2/c1-14(20(22)23-21(2,3)4)15-9-10-18-12-16-7-5-6-8-17(16)13-19(18)11-15/h5-13H,1H2,2-4H3. The zero-order valence-corrected chi connectivity index (χ0v) is 13.7. The van der Waals surface area contributed by atoms with Crippen LogP contribution in [0.3, 0.4) is 0 Å². The van der Waals surface area contributed by atoms with Crippen LogP contribution in [0.25, 0.3) is 27.1 Å². The molecule has 2 heteroatoms. The molecule has 0 aliphatic carbocycles. The molecule has 116 valence electrons. The van der Waals surface area contributed by atoms with E-state index >= 15 is 0 Å². The maximum absolute atomic E-state index is 12.2. The fraction of sp³-hybridized carbons (Fsp3) is 0.190. The van der Waals surface area contributed by atoms with Crippen molar-refractivity contribution in [3.8, 4) is 0 Å². The topological polar surface area (TPSA) is 26.3 Å². The average Bonchev–Trinajstić information content (AvgIpc) is 2.50. The molecule has 0 saturated heterocycles. The first-order valence-electron chi connectivity index (χ1n) is 7.69. The molecule has 0 aliphatic rings. The van der Waals surface area contributed by atoms with Crippen LogP contribution < -0.4 is 0 Å². The number of hydrogen-bond acceptors (Lipinski definition) is 2. The number of hydrogen-bond donors (Lipinski definition) is 0. The number of fused-ring (bicyclic) bond motifs is 2. The molecule has 0 N–H and O–H groups in total. The number of esters is 1. The zero-order valence-electron chi connectivity index (χ0n) is 13.7. The van der Waals surface area contributed by atoms with Crippen molar-refractivity contribution in [3.63, 3.8) is 0 Å². The van der Waals surface area contributed by atoms with E-state index in [-0.39, 0.29) is 5.97 Å². The van der Waals surface area contributed by atoms with Crippen molar-refractivity contribution in [2.45, 2.75) is 26.4 Å². The van der Waals surface area contributed by atoms with Gasteiger partial charge < -0.3 is 4.74 Å². The molecule has 0 aromatic heterocycles. The van der Waals surface area contributed by atoms with E-state index in [0.717, 1.165) is 16.3 Å². The summed E-state index contributed by atoms with van der Waals surface area (Å²) < 4.78 is 5.40. The van der Waals surface area contributed by atoms with E-state index in [1.165, 1.54) is 10.8 Å². The maximum Gasteiger partial charge on any atom is 0.338 e. The Bertz CT molecular complexity index is 914. The van der Waals surface area contributed by atoms with Crippen LogP contribution in [0, 0.1) is 0 Å². The molecule has 0 fully saturated rings. The fourth-order valence-electron chi connectivity index (χ4n) is 2.59. The normalized spacial score (nSPS) is 11.6. The first-order valence-corrected chi connectivity index (χ1v) is 7.69. The van der Waals surface area contributed by atoms with E-state index in [1.807, 2.05) is 51.1 Å². The van der Waals surface area contributed by atoms with Crippen LogP contribution in [-0.4, -0.2) is 11.6 Å². The molecule has 0 radical (unpaired) electrons. The summed E-state index contributed by atoms with van der Waals surface area (Å²) in [7, 11) is 0. The highest BCUT2D eigenvalue weighted by Gasteiger charge is 2.19. The minimum absolute atomic E-state index is 0.377. The predicted molar refractivity (Wildman–Crippen MR) is 96.3 cm³/mol. The summed E-state index contributed by atoms with van der Waals surface area (Å²) in [6.45, 7) is 9.46. The predicted octanol–water partition coefficient (Wildman–Crippen LogP) is 5.35. The summed E-state index contributed by atoms with van der Waals surface area (Å²) in [6.07, 6.45) is 0. The Morgan fingerprint density at radius 3 is 2.04 bits per heavy atom. The molecular weight excluding hydrogens is 284 g/mol. The maximum atomic E-state index is 12.2. The van der Waals surface area contributed by atoms with Crippen molar-refractivity contribution in [1.29, 1.82) is 0 Å². The van der Waals surface area contributed by atoms with Gasteiger partial charge in [0, 0.05) is 0 Å². The molecule has 2 nitrogen and oxygen atoms in total. The lowest BCUT2D eigenvalue weighted by Crippen LogP contribution is -2.24. The van der Waals surface area contributed by atoms with Gasteiger partial charge in [-0.05, 0) is 66.1 Å². The molecule has 0 spiro atoms. The molecule has 0 aliphatic heterocycles. The van der Waals surface area contributed by atoms with Crippen molar-refractivity contribution >= 4 is 33.1 Å². The fourth-order valence-corrected chi connectivity index (χ4v) is 2.59. The lowest BCUT2D eigenvalue weighted by molar-refractivity contribution is -0.147. The summed E-state index contributed by atoms with van der Waals surface area (Å²) in [5.74, 6) is -0.377. The van der Waals surface area contributed by atoms with Crippen LogP contribution in [0.2, 0.25) is 0 Å². The molecule has 0 heterocycles. The lowest BCUT2D eigenvalue weighted by Gasteiger charge is -2.20. The highest BCUT2D eigenvalue weighted by atomic mass is 16.6. The van der Waals surface area contributed by atoms with Gasteiger partial charge in [0.05, 0.1) is 5.57 Å². The summed E-state index contributed by atoms with van der Waals surface area (Å²) in [4.78, 5) is 12.2. The Hall–Kier alpha value is -2.61. The van der Waals surface area contributed by atoms with Gasteiger partial charge in [-0.3, -0.25) is 0 Å². The molecule has 0 bridgehead atoms. The van der Waals surface area contributed by atoms with Gasteiger partial charge in [-0.2, -0.15) is 0 Å². The summed E-state index contributed by atoms with van der Waals surface area (Å²) in [5, 5.41) is 4.62. The highest BCUT2D eigenvalue weighted by Crippen LogP contribution is 2.26. The zero-order chi connectivity index (χ0) is 16.6. The number of rotatable bonds is 2. The van der Waals surface area contributed by atoms with Crippen molar-refractivity contribution in [3.05, 3.63) is 66.7 Å². The summed E-state index contributed by atoms with van der Waals surface area (Å²) >= 11 is 0.